The number of carbonyl (C=O) groups excluding carboxylic acids is 1. The van der Waals surface area contributed by atoms with Crippen molar-refractivity contribution in [2.24, 2.45) is 0 Å². The van der Waals surface area contributed by atoms with Crippen LogP contribution in [0, 0.1) is 0 Å². The Morgan fingerprint density at radius 1 is 1.33 bits per heavy atom. The van der Waals surface area contributed by atoms with Crippen molar-refractivity contribution in [3.63, 3.8) is 0 Å². The number of fused-ring (bicyclic) bond motifs is 1. The number of nitrogens with zero attached hydrogens (tertiary/aromatic N) is 4. The lowest BCUT2D eigenvalue weighted by Crippen LogP contribution is -2.28. The minimum atomic E-state index is -0.172. The quantitative estimate of drug-likeness (QED) is 0.740. The summed E-state index contributed by atoms with van der Waals surface area (Å²) in [5.74, 6) is 0.384. The van der Waals surface area contributed by atoms with E-state index in [-0.39, 0.29) is 12.5 Å². The van der Waals surface area contributed by atoms with Crippen molar-refractivity contribution >= 4 is 17.2 Å². The summed E-state index contributed by atoms with van der Waals surface area (Å²) < 4.78 is 1.53. The predicted molar refractivity (Wildman–Crippen MR) is 91.5 cm³/mol. The highest BCUT2D eigenvalue weighted by Gasteiger charge is 2.16. The van der Waals surface area contributed by atoms with Crippen LogP contribution in [0.1, 0.15) is 16.8 Å². The van der Waals surface area contributed by atoms with Crippen molar-refractivity contribution in [2.75, 3.05) is 25.9 Å². The van der Waals surface area contributed by atoms with Gasteiger partial charge in [-0.2, -0.15) is 0 Å². The zero-order valence-electron chi connectivity index (χ0n) is 13.4. The van der Waals surface area contributed by atoms with Crippen molar-refractivity contribution in [1.82, 2.24) is 19.5 Å². The fourth-order valence-corrected chi connectivity index (χ4v) is 2.47. The van der Waals surface area contributed by atoms with E-state index in [2.05, 4.69) is 10.1 Å². The van der Waals surface area contributed by atoms with Gasteiger partial charge in [-0.1, -0.05) is 30.3 Å². The van der Waals surface area contributed by atoms with Gasteiger partial charge < -0.3 is 15.7 Å². The maximum Gasteiger partial charge on any atom is 0.255 e. The minimum Gasteiger partial charge on any atom is -0.396 e. The molecule has 1 amide bonds. The molecule has 2 aromatic heterocycles. The second-order valence-corrected chi connectivity index (χ2v) is 5.56. The molecule has 0 unspecified atom stereocenters. The lowest BCUT2D eigenvalue weighted by molar-refractivity contribution is 0.0786. The topological polar surface area (TPSA) is 96.8 Å². The summed E-state index contributed by atoms with van der Waals surface area (Å²) in [4.78, 5) is 18.4. The molecular formula is C17H19N5O2. The molecular weight excluding hydrogens is 306 g/mol. The first kappa shape index (κ1) is 15.9. The SMILES string of the molecule is CN(CCCO)C(=O)c1cc(N)c2nc(-c3ccccc3)nn2c1. The van der Waals surface area contributed by atoms with E-state index >= 15 is 0 Å². The lowest BCUT2D eigenvalue weighted by Gasteiger charge is -2.16. The van der Waals surface area contributed by atoms with Gasteiger partial charge in [0.1, 0.15) is 0 Å². The van der Waals surface area contributed by atoms with Crippen LogP contribution >= 0.6 is 0 Å². The molecule has 0 fully saturated rings. The van der Waals surface area contributed by atoms with Gasteiger partial charge in [0.15, 0.2) is 11.5 Å². The Kier molecular flexibility index (Phi) is 4.43. The van der Waals surface area contributed by atoms with Gasteiger partial charge in [-0.25, -0.2) is 9.50 Å². The fraction of sp³-hybridized carbons (Fsp3) is 0.235. The molecule has 0 bridgehead atoms. The first-order chi connectivity index (χ1) is 11.6. The number of carbonyl (C=O) groups is 1. The van der Waals surface area contributed by atoms with Gasteiger partial charge in [0.25, 0.3) is 5.91 Å². The Morgan fingerprint density at radius 2 is 2.08 bits per heavy atom. The van der Waals surface area contributed by atoms with E-state index in [0.29, 0.717) is 35.7 Å². The molecule has 0 aliphatic carbocycles. The second-order valence-electron chi connectivity index (χ2n) is 5.56. The third kappa shape index (κ3) is 3.07. The predicted octanol–water partition coefficient (Wildman–Crippen LogP) is 1.43. The Labute approximate surface area is 139 Å². The molecule has 0 saturated heterocycles. The Bertz CT molecular complexity index is 860. The second kappa shape index (κ2) is 6.67. The van der Waals surface area contributed by atoms with Gasteiger partial charge >= 0.3 is 0 Å². The molecule has 0 radical (unpaired) electrons. The molecule has 124 valence electrons. The number of benzene rings is 1. The molecule has 2 heterocycles. The average Bonchev–Trinajstić information content (AvgIpc) is 3.04. The summed E-state index contributed by atoms with van der Waals surface area (Å²) in [5.41, 5.74) is 8.28. The van der Waals surface area contributed by atoms with E-state index in [9.17, 15) is 4.79 Å². The summed E-state index contributed by atoms with van der Waals surface area (Å²) in [5, 5.41) is 13.3. The van der Waals surface area contributed by atoms with Crippen molar-refractivity contribution in [1.29, 1.82) is 0 Å². The number of anilines is 1. The van der Waals surface area contributed by atoms with E-state index in [0.717, 1.165) is 5.56 Å². The van der Waals surface area contributed by atoms with E-state index < -0.39 is 0 Å². The van der Waals surface area contributed by atoms with Crippen molar-refractivity contribution < 1.29 is 9.90 Å². The van der Waals surface area contributed by atoms with Crippen LogP contribution in [0.2, 0.25) is 0 Å². The summed E-state index contributed by atoms with van der Waals surface area (Å²) in [6.45, 7) is 0.516. The van der Waals surface area contributed by atoms with Crippen LogP contribution in [-0.4, -0.2) is 50.7 Å². The molecule has 0 aliphatic rings. The highest BCUT2D eigenvalue weighted by atomic mass is 16.3. The standard InChI is InChI=1S/C17H19N5O2/c1-21(8-5-9-23)17(24)13-10-14(18)16-19-15(20-22(16)11-13)12-6-3-2-4-7-12/h2-4,6-7,10-11,23H,5,8-9,18H2,1H3. The number of rotatable bonds is 5. The van der Waals surface area contributed by atoms with Gasteiger partial charge in [0, 0.05) is 32.0 Å². The van der Waals surface area contributed by atoms with Crippen LogP contribution in [0.15, 0.2) is 42.6 Å². The average molecular weight is 325 g/mol. The molecule has 0 atom stereocenters. The molecule has 0 aliphatic heterocycles. The van der Waals surface area contributed by atoms with E-state index in [1.165, 1.54) is 4.52 Å². The number of nitrogen functional groups attached to an aromatic ring is 1. The molecule has 7 heteroatoms. The zero-order valence-corrected chi connectivity index (χ0v) is 13.4. The van der Waals surface area contributed by atoms with Crippen molar-refractivity contribution in [3.8, 4) is 11.4 Å². The van der Waals surface area contributed by atoms with Crippen LogP contribution in [-0.2, 0) is 0 Å². The van der Waals surface area contributed by atoms with Gasteiger partial charge in [0.05, 0.1) is 11.3 Å². The Balaban J connectivity index is 1.96. The molecule has 7 nitrogen and oxygen atoms in total. The third-order valence-corrected chi connectivity index (χ3v) is 3.74. The van der Waals surface area contributed by atoms with Gasteiger partial charge in [-0.05, 0) is 12.5 Å². The first-order valence-electron chi connectivity index (χ1n) is 7.68. The smallest absolute Gasteiger partial charge is 0.255 e. The van der Waals surface area contributed by atoms with Gasteiger partial charge in [-0.3, -0.25) is 4.79 Å². The number of amides is 1. The number of hydrogen-bond acceptors (Lipinski definition) is 5. The maximum absolute atomic E-state index is 12.5. The molecule has 3 N–H and O–H groups in total. The van der Waals surface area contributed by atoms with Crippen LogP contribution in [0.4, 0.5) is 5.69 Å². The fourth-order valence-electron chi connectivity index (χ4n) is 2.47. The number of aromatic nitrogens is 3. The molecule has 1 aromatic carbocycles. The minimum absolute atomic E-state index is 0.0440. The van der Waals surface area contributed by atoms with E-state index in [4.69, 9.17) is 10.8 Å². The third-order valence-electron chi connectivity index (χ3n) is 3.74. The lowest BCUT2D eigenvalue weighted by atomic mass is 10.2. The van der Waals surface area contributed by atoms with Crippen LogP contribution < -0.4 is 5.73 Å². The number of nitrogens with two attached hydrogens (primary N) is 1. The highest BCUT2D eigenvalue weighted by molar-refractivity contribution is 5.95. The first-order valence-corrected chi connectivity index (χ1v) is 7.68. The normalized spacial score (nSPS) is 10.9. The Morgan fingerprint density at radius 3 is 2.79 bits per heavy atom. The van der Waals surface area contributed by atoms with Gasteiger partial charge in [0.2, 0.25) is 0 Å². The van der Waals surface area contributed by atoms with Crippen molar-refractivity contribution in [3.05, 3.63) is 48.2 Å². The monoisotopic (exact) mass is 325 g/mol. The van der Waals surface area contributed by atoms with Gasteiger partial charge in [-0.15, -0.1) is 5.10 Å². The number of hydrogen-bond donors (Lipinski definition) is 2. The van der Waals surface area contributed by atoms with E-state index in [1.807, 2.05) is 30.3 Å². The molecule has 0 saturated carbocycles. The zero-order chi connectivity index (χ0) is 17.1. The maximum atomic E-state index is 12.5. The van der Waals surface area contributed by atoms with Crippen molar-refractivity contribution in [2.45, 2.75) is 6.42 Å². The Hall–Kier alpha value is -2.93. The number of pyridine rings is 1. The molecule has 0 spiro atoms. The number of aliphatic hydroxyl groups is 1. The summed E-state index contributed by atoms with van der Waals surface area (Å²) in [6.07, 6.45) is 2.16. The van der Waals surface area contributed by atoms with Crippen LogP contribution in [0.25, 0.3) is 17.0 Å². The highest BCUT2D eigenvalue weighted by Crippen LogP contribution is 2.20. The van der Waals surface area contributed by atoms with Crippen LogP contribution in [0.3, 0.4) is 0 Å². The van der Waals surface area contributed by atoms with E-state index in [1.54, 1.807) is 24.2 Å². The molecule has 24 heavy (non-hydrogen) atoms. The number of aliphatic hydroxyl groups excluding tert-OH is 1. The summed E-state index contributed by atoms with van der Waals surface area (Å²) in [7, 11) is 1.69. The summed E-state index contributed by atoms with van der Waals surface area (Å²) in [6, 6.07) is 11.2. The van der Waals surface area contributed by atoms with Crippen LogP contribution in [0.5, 0.6) is 0 Å². The molecule has 3 aromatic rings. The largest absolute Gasteiger partial charge is 0.396 e. The molecule has 3 rings (SSSR count). The summed E-state index contributed by atoms with van der Waals surface area (Å²) >= 11 is 0.